The van der Waals surface area contributed by atoms with Crippen molar-refractivity contribution in [2.75, 3.05) is 0 Å². The standard InChI is InChI=1S/C17H26O8/c1-9-6-10(2-4-12(14(18)19)15(20)21)8-11(7-9)3-5-13(16(22)23)17(24)25/h9-13H,2-8H2,1H3,(H,18,19)(H,20,21)(H,22,23)(H,24,25). The third kappa shape index (κ3) is 6.72. The Morgan fingerprint density at radius 2 is 1.04 bits per heavy atom. The lowest BCUT2D eigenvalue weighted by molar-refractivity contribution is -0.156. The van der Waals surface area contributed by atoms with Gasteiger partial charge >= 0.3 is 23.9 Å². The van der Waals surface area contributed by atoms with Crippen LogP contribution in [0.15, 0.2) is 0 Å². The molecule has 8 heteroatoms. The first-order valence-electron chi connectivity index (χ1n) is 8.53. The molecule has 4 N–H and O–H groups in total. The number of carboxylic acids is 4. The second kappa shape index (κ2) is 9.39. The molecule has 0 spiro atoms. The van der Waals surface area contributed by atoms with Gasteiger partial charge in [0.05, 0.1) is 0 Å². The van der Waals surface area contributed by atoms with Gasteiger partial charge in [0.15, 0.2) is 11.8 Å². The molecule has 1 saturated carbocycles. The van der Waals surface area contributed by atoms with Gasteiger partial charge in [-0.1, -0.05) is 6.92 Å². The monoisotopic (exact) mass is 358 g/mol. The van der Waals surface area contributed by atoms with Crippen LogP contribution in [0.1, 0.15) is 51.9 Å². The van der Waals surface area contributed by atoms with Gasteiger partial charge in [-0.25, -0.2) is 0 Å². The summed E-state index contributed by atoms with van der Waals surface area (Å²) in [6.07, 6.45) is 3.63. The Hall–Kier alpha value is -2.12. The second-order valence-corrected chi connectivity index (χ2v) is 7.16. The van der Waals surface area contributed by atoms with Crippen molar-refractivity contribution >= 4 is 23.9 Å². The third-order valence-corrected chi connectivity index (χ3v) is 5.06. The molecule has 1 aliphatic carbocycles. The van der Waals surface area contributed by atoms with Gasteiger partial charge in [-0.15, -0.1) is 0 Å². The summed E-state index contributed by atoms with van der Waals surface area (Å²) in [5.41, 5.74) is 0. The Morgan fingerprint density at radius 3 is 1.32 bits per heavy atom. The third-order valence-electron chi connectivity index (χ3n) is 5.06. The number of rotatable bonds is 10. The topological polar surface area (TPSA) is 149 Å². The summed E-state index contributed by atoms with van der Waals surface area (Å²) in [5, 5.41) is 35.7. The Balaban J connectivity index is 2.56. The van der Waals surface area contributed by atoms with E-state index >= 15 is 0 Å². The van der Waals surface area contributed by atoms with E-state index < -0.39 is 35.7 Å². The summed E-state index contributed by atoms with van der Waals surface area (Å²) >= 11 is 0. The van der Waals surface area contributed by atoms with Crippen LogP contribution in [-0.2, 0) is 19.2 Å². The molecule has 25 heavy (non-hydrogen) atoms. The largest absolute Gasteiger partial charge is 0.481 e. The van der Waals surface area contributed by atoms with Crippen LogP contribution in [0.2, 0.25) is 0 Å². The molecule has 1 rings (SSSR count). The molecule has 2 unspecified atom stereocenters. The molecule has 1 aliphatic rings. The van der Waals surface area contributed by atoms with Gasteiger partial charge in [0, 0.05) is 0 Å². The second-order valence-electron chi connectivity index (χ2n) is 7.16. The number of carboxylic acid groups (broad SMARTS) is 4. The van der Waals surface area contributed by atoms with Gasteiger partial charge in [-0.3, -0.25) is 19.2 Å². The van der Waals surface area contributed by atoms with Crippen LogP contribution in [0.25, 0.3) is 0 Å². The highest BCUT2D eigenvalue weighted by atomic mass is 16.4. The first-order chi connectivity index (χ1) is 11.6. The summed E-state index contributed by atoms with van der Waals surface area (Å²) in [7, 11) is 0. The van der Waals surface area contributed by atoms with Crippen molar-refractivity contribution in [1.29, 1.82) is 0 Å². The molecular formula is C17H26O8. The van der Waals surface area contributed by atoms with E-state index in [1.54, 1.807) is 0 Å². The van der Waals surface area contributed by atoms with E-state index in [0.29, 0.717) is 18.8 Å². The zero-order chi connectivity index (χ0) is 19.1. The van der Waals surface area contributed by atoms with Crippen LogP contribution >= 0.6 is 0 Å². The minimum absolute atomic E-state index is 0.0711. The minimum Gasteiger partial charge on any atom is -0.481 e. The number of hydrogen-bond acceptors (Lipinski definition) is 4. The van der Waals surface area contributed by atoms with E-state index in [1.165, 1.54) is 0 Å². The number of carbonyl (C=O) groups is 4. The molecule has 0 aromatic rings. The molecule has 0 aliphatic heterocycles. The lowest BCUT2D eigenvalue weighted by Gasteiger charge is -2.34. The van der Waals surface area contributed by atoms with Crippen LogP contribution < -0.4 is 0 Å². The highest BCUT2D eigenvalue weighted by Crippen LogP contribution is 2.38. The summed E-state index contributed by atoms with van der Waals surface area (Å²) in [4.78, 5) is 43.8. The zero-order valence-corrected chi connectivity index (χ0v) is 14.3. The fourth-order valence-corrected chi connectivity index (χ4v) is 3.88. The van der Waals surface area contributed by atoms with Gasteiger partial charge in [-0.05, 0) is 62.7 Å². The van der Waals surface area contributed by atoms with Gasteiger partial charge in [-0.2, -0.15) is 0 Å². The Morgan fingerprint density at radius 1 is 0.720 bits per heavy atom. The Labute approximate surface area is 145 Å². The van der Waals surface area contributed by atoms with Crippen molar-refractivity contribution < 1.29 is 39.6 Å². The molecule has 142 valence electrons. The molecule has 1 fully saturated rings. The molecule has 0 heterocycles. The Kier molecular flexibility index (Phi) is 7.86. The van der Waals surface area contributed by atoms with Gasteiger partial charge < -0.3 is 20.4 Å². The lowest BCUT2D eigenvalue weighted by atomic mass is 9.72. The van der Waals surface area contributed by atoms with Gasteiger partial charge in [0.2, 0.25) is 0 Å². The summed E-state index contributed by atoms with van der Waals surface area (Å²) in [5.74, 6) is -7.41. The predicted molar refractivity (Wildman–Crippen MR) is 86.0 cm³/mol. The molecule has 0 amide bonds. The van der Waals surface area contributed by atoms with E-state index in [2.05, 4.69) is 6.92 Å². The zero-order valence-electron chi connectivity index (χ0n) is 14.3. The maximum absolute atomic E-state index is 11.0. The average Bonchev–Trinajstić information content (AvgIpc) is 2.45. The summed E-state index contributed by atoms with van der Waals surface area (Å²) < 4.78 is 0. The molecular weight excluding hydrogens is 332 g/mol. The molecule has 0 saturated heterocycles. The molecule has 0 bridgehead atoms. The normalized spacial score (nSPS) is 23.6. The van der Waals surface area contributed by atoms with Crippen LogP contribution in [0, 0.1) is 29.6 Å². The molecule has 0 radical (unpaired) electrons. The maximum Gasteiger partial charge on any atom is 0.317 e. The molecule has 0 aromatic heterocycles. The number of aliphatic carboxylic acids is 4. The van der Waals surface area contributed by atoms with Crippen LogP contribution in [0.4, 0.5) is 0 Å². The Bertz CT molecular complexity index is 443. The van der Waals surface area contributed by atoms with Gasteiger partial charge in [0.25, 0.3) is 0 Å². The first kappa shape index (κ1) is 20.9. The predicted octanol–water partition coefficient (Wildman–Crippen LogP) is 2.17. The molecule has 2 atom stereocenters. The SMILES string of the molecule is CC1CC(CCC(C(=O)O)C(=O)O)CC(CCC(C(=O)O)C(=O)O)C1. The fraction of sp³-hybridized carbons (Fsp3) is 0.765. The van der Waals surface area contributed by atoms with E-state index in [-0.39, 0.29) is 24.7 Å². The van der Waals surface area contributed by atoms with E-state index in [4.69, 9.17) is 20.4 Å². The van der Waals surface area contributed by atoms with Crippen molar-refractivity contribution in [3.63, 3.8) is 0 Å². The molecule has 8 nitrogen and oxygen atoms in total. The smallest absolute Gasteiger partial charge is 0.317 e. The highest BCUT2D eigenvalue weighted by molar-refractivity contribution is 5.93. The van der Waals surface area contributed by atoms with Crippen molar-refractivity contribution in [2.24, 2.45) is 29.6 Å². The van der Waals surface area contributed by atoms with Crippen LogP contribution in [0.3, 0.4) is 0 Å². The quantitative estimate of drug-likeness (QED) is 0.434. The first-order valence-corrected chi connectivity index (χ1v) is 8.53. The average molecular weight is 358 g/mol. The van der Waals surface area contributed by atoms with Crippen molar-refractivity contribution in [3.05, 3.63) is 0 Å². The lowest BCUT2D eigenvalue weighted by Crippen LogP contribution is -2.28. The van der Waals surface area contributed by atoms with E-state index in [9.17, 15) is 19.2 Å². The van der Waals surface area contributed by atoms with Gasteiger partial charge in [0.1, 0.15) is 0 Å². The van der Waals surface area contributed by atoms with Crippen molar-refractivity contribution in [1.82, 2.24) is 0 Å². The van der Waals surface area contributed by atoms with Crippen LogP contribution in [-0.4, -0.2) is 44.3 Å². The number of hydrogen-bond donors (Lipinski definition) is 4. The highest BCUT2D eigenvalue weighted by Gasteiger charge is 2.32. The maximum atomic E-state index is 11.0. The van der Waals surface area contributed by atoms with Crippen LogP contribution in [0.5, 0.6) is 0 Å². The summed E-state index contributed by atoms with van der Waals surface area (Å²) in [6.45, 7) is 2.05. The van der Waals surface area contributed by atoms with E-state index in [1.807, 2.05) is 0 Å². The van der Waals surface area contributed by atoms with Crippen molar-refractivity contribution in [3.8, 4) is 0 Å². The van der Waals surface area contributed by atoms with Crippen molar-refractivity contribution in [2.45, 2.75) is 51.9 Å². The minimum atomic E-state index is -1.40. The molecule has 0 aromatic carbocycles. The fourth-order valence-electron chi connectivity index (χ4n) is 3.88. The van der Waals surface area contributed by atoms with E-state index in [0.717, 1.165) is 19.3 Å². The summed E-state index contributed by atoms with van der Waals surface area (Å²) in [6, 6.07) is 0.